The molecule has 2 aromatic rings. The fourth-order valence-electron chi connectivity index (χ4n) is 2.45. The Morgan fingerprint density at radius 2 is 2.04 bits per heavy atom. The number of piperazine rings is 1. The summed E-state index contributed by atoms with van der Waals surface area (Å²) in [5.41, 5.74) is 0.959. The fourth-order valence-corrected chi connectivity index (χ4v) is 2.45. The van der Waals surface area contributed by atoms with E-state index in [9.17, 15) is 4.79 Å². The minimum absolute atomic E-state index is 0.0842. The fraction of sp³-hybridized carbons (Fsp3) is 0.267. The van der Waals surface area contributed by atoms with E-state index in [1.54, 1.807) is 28.1 Å². The van der Waals surface area contributed by atoms with Gasteiger partial charge in [-0.25, -0.2) is 15.0 Å². The zero-order chi connectivity index (χ0) is 16.2. The van der Waals surface area contributed by atoms with Crippen LogP contribution in [0.3, 0.4) is 0 Å². The molecule has 0 bridgehead atoms. The lowest BCUT2D eigenvalue weighted by Crippen LogP contribution is -2.51. The number of pyridine rings is 1. The molecule has 116 valence electrons. The number of rotatable bonds is 3. The molecule has 2 aromatic heterocycles. The third-order valence-electron chi connectivity index (χ3n) is 3.54. The lowest BCUT2D eigenvalue weighted by atomic mass is 10.2. The van der Waals surface area contributed by atoms with Crippen molar-refractivity contribution < 1.29 is 9.53 Å². The van der Waals surface area contributed by atoms with E-state index < -0.39 is 0 Å². The van der Waals surface area contributed by atoms with Crippen molar-refractivity contribution in [3.63, 3.8) is 0 Å². The van der Waals surface area contributed by atoms with E-state index in [0.717, 1.165) is 5.69 Å². The zero-order valence-corrected chi connectivity index (χ0v) is 12.5. The zero-order valence-electron chi connectivity index (χ0n) is 12.5. The summed E-state index contributed by atoms with van der Waals surface area (Å²) in [6.45, 7) is 1.18. The van der Waals surface area contributed by atoms with Gasteiger partial charge in [-0.2, -0.15) is 5.26 Å². The number of ether oxygens (including phenoxy) is 1. The van der Waals surface area contributed by atoms with Gasteiger partial charge in [0.15, 0.2) is 11.5 Å². The normalized spacial score (nSPS) is 14.5. The summed E-state index contributed by atoms with van der Waals surface area (Å²) in [7, 11) is 1.53. The first-order valence-electron chi connectivity index (χ1n) is 6.99. The Bertz CT molecular complexity index is 773. The number of carbonyl (C=O) groups excluding carboxylic acids is 1. The molecule has 0 aromatic carbocycles. The Morgan fingerprint density at radius 3 is 2.78 bits per heavy atom. The predicted octanol–water partition coefficient (Wildman–Crippen LogP) is 0.605. The van der Waals surface area contributed by atoms with Crippen molar-refractivity contribution in [2.45, 2.75) is 0 Å². The van der Waals surface area contributed by atoms with Crippen molar-refractivity contribution in [3.05, 3.63) is 36.4 Å². The lowest BCUT2D eigenvalue weighted by Gasteiger charge is -2.35. The van der Waals surface area contributed by atoms with Crippen LogP contribution in [0.15, 0.2) is 30.7 Å². The van der Waals surface area contributed by atoms with Gasteiger partial charge in [0.2, 0.25) is 11.8 Å². The smallest absolute Gasteiger partial charge is 0.246 e. The van der Waals surface area contributed by atoms with Crippen molar-refractivity contribution in [3.8, 4) is 11.9 Å². The van der Waals surface area contributed by atoms with E-state index in [1.165, 1.54) is 19.5 Å². The van der Waals surface area contributed by atoms with Gasteiger partial charge in [0, 0.05) is 37.7 Å². The van der Waals surface area contributed by atoms with Crippen LogP contribution in [0.5, 0.6) is 5.88 Å². The van der Waals surface area contributed by atoms with Crippen LogP contribution in [-0.4, -0.2) is 47.6 Å². The van der Waals surface area contributed by atoms with E-state index in [1.807, 2.05) is 6.07 Å². The van der Waals surface area contributed by atoms with Gasteiger partial charge in [-0.15, -0.1) is 0 Å². The molecule has 0 unspecified atom stereocenters. The van der Waals surface area contributed by atoms with Gasteiger partial charge in [0.05, 0.1) is 19.3 Å². The third kappa shape index (κ3) is 2.89. The molecule has 8 nitrogen and oxygen atoms in total. The van der Waals surface area contributed by atoms with Gasteiger partial charge >= 0.3 is 0 Å². The van der Waals surface area contributed by atoms with Crippen LogP contribution in [0, 0.1) is 11.3 Å². The number of carbonyl (C=O) groups is 1. The van der Waals surface area contributed by atoms with Crippen molar-refractivity contribution in [2.24, 2.45) is 0 Å². The summed E-state index contributed by atoms with van der Waals surface area (Å²) >= 11 is 0. The molecular formula is C15H14N6O2. The Balaban J connectivity index is 1.80. The first-order chi connectivity index (χ1) is 11.2. The molecule has 0 atom stereocenters. The Labute approximate surface area is 133 Å². The highest BCUT2D eigenvalue weighted by Crippen LogP contribution is 2.23. The number of aromatic nitrogens is 3. The van der Waals surface area contributed by atoms with E-state index >= 15 is 0 Å². The molecule has 23 heavy (non-hydrogen) atoms. The summed E-state index contributed by atoms with van der Waals surface area (Å²) in [5.74, 6) is 0.813. The third-order valence-corrected chi connectivity index (χ3v) is 3.54. The maximum absolute atomic E-state index is 12.5. The minimum Gasteiger partial charge on any atom is -0.481 e. The van der Waals surface area contributed by atoms with Gasteiger partial charge in [-0.05, 0) is 6.07 Å². The number of amides is 1. The van der Waals surface area contributed by atoms with Crippen LogP contribution >= 0.6 is 0 Å². The molecule has 1 fully saturated rings. The topological polar surface area (TPSA) is 95.2 Å². The molecule has 1 aliphatic heterocycles. The monoisotopic (exact) mass is 310 g/mol. The summed E-state index contributed by atoms with van der Waals surface area (Å²) in [4.78, 5) is 28.1. The van der Waals surface area contributed by atoms with Crippen LogP contribution in [-0.2, 0) is 4.79 Å². The standard InChI is InChI=1S/C15H14N6O2/c1-23-13-8-11(2-3-18-13)21-7-6-20(10-14(21)22)15-12(9-16)17-4-5-19-15/h2-5,8H,6-7,10H2,1H3. The Kier molecular flexibility index (Phi) is 4.01. The average molecular weight is 310 g/mol. The summed E-state index contributed by atoms with van der Waals surface area (Å²) in [5, 5.41) is 9.11. The molecule has 1 aliphatic rings. The summed E-state index contributed by atoms with van der Waals surface area (Å²) in [6.07, 6.45) is 4.58. The molecule has 1 saturated heterocycles. The number of methoxy groups -OCH3 is 1. The number of nitriles is 1. The summed E-state index contributed by atoms with van der Waals surface area (Å²) in [6, 6.07) is 5.48. The van der Waals surface area contributed by atoms with Crippen molar-refractivity contribution in [2.75, 3.05) is 36.5 Å². The van der Waals surface area contributed by atoms with E-state index in [2.05, 4.69) is 15.0 Å². The maximum Gasteiger partial charge on any atom is 0.246 e. The number of anilines is 2. The highest BCUT2D eigenvalue weighted by atomic mass is 16.5. The second-order valence-electron chi connectivity index (χ2n) is 4.86. The average Bonchev–Trinajstić information content (AvgIpc) is 2.61. The van der Waals surface area contributed by atoms with Gasteiger partial charge in [-0.3, -0.25) is 4.79 Å². The molecule has 3 rings (SSSR count). The lowest BCUT2D eigenvalue weighted by molar-refractivity contribution is -0.117. The maximum atomic E-state index is 12.5. The molecule has 1 amide bonds. The van der Waals surface area contributed by atoms with Gasteiger partial charge in [-0.1, -0.05) is 0 Å². The van der Waals surface area contributed by atoms with Crippen molar-refractivity contribution >= 4 is 17.4 Å². The molecule has 3 heterocycles. The van der Waals surface area contributed by atoms with Gasteiger partial charge < -0.3 is 14.5 Å². The summed E-state index contributed by atoms with van der Waals surface area (Å²) < 4.78 is 5.09. The molecule has 8 heteroatoms. The molecule has 0 saturated carbocycles. The van der Waals surface area contributed by atoms with Crippen LogP contribution < -0.4 is 14.5 Å². The van der Waals surface area contributed by atoms with E-state index in [0.29, 0.717) is 24.8 Å². The second kappa shape index (κ2) is 6.27. The number of nitrogens with zero attached hydrogens (tertiary/aromatic N) is 6. The van der Waals surface area contributed by atoms with Crippen molar-refractivity contribution in [1.29, 1.82) is 5.26 Å². The van der Waals surface area contributed by atoms with Crippen molar-refractivity contribution in [1.82, 2.24) is 15.0 Å². The Hall–Kier alpha value is -3.21. The SMILES string of the molecule is COc1cc(N2CCN(c3nccnc3C#N)CC2=O)ccn1. The first kappa shape index (κ1) is 14.7. The molecule has 0 N–H and O–H groups in total. The molecular weight excluding hydrogens is 296 g/mol. The van der Waals surface area contributed by atoms with E-state index in [4.69, 9.17) is 10.00 Å². The van der Waals surface area contributed by atoms with Crippen LogP contribution in [0.4, 0.5) is 11.5 Å². The highest BCUT2D eigenvalue weighted by molar-refractivity contribution is 5.97. The quantitative estimate of drug-likeness (QED) is 0.819. The highest BCUT2D eigenvalue weighted by Gasteiger charge is 2.27. The van der Waals surface area contributed by atoms with Crippen LogP contribution in [0.2, 0.25) is 0 Å². The minimum atomic E-state index is -0.0842. The molecule has 0 radical (unpaired) electrons. The number of hydrogen-bond donors (Lipinski definition) is 0. The van der Waals surface area contributed by atoms with E-state index in [-0.39, 0.29) is 18.1 Å². The predicted molar refractivity (Wildman–Crippen MR) is 82.1 cm³/mol. The molecule has 0 aliphatic carbocycles. The Morgan fingerprint density at radius 1 is 1.22 bits per heavy atom. The first-order valence-corrected chi connectivity index (χ1v) is 6.99. The van der Waals surface area contributed by atoms with Crippen LogP contribution in [0.1, 0.15) is 5.69 Å². The molecule has 0 spiro atoms. The largest absolute Gasteiger partial charge is 0.481 e. The van der Waals surface area contributed by atoms with Gasteiger partial charge in [0.1, 0.15) is 6.07 Å². The van der Waals surface area contributed by atoms with Gasteiger partial charge in [0.25, 0.3) is 0 Å². The number of hydrogen-bond acceptors (Lipinski definition) is 7. The van der Waals surface area contributed by atoms with Crippen LogP contribution in [0.25, 0.3) is 0 Å². The second-order valence-corrected chi connectivity index (χ2v) is 4.86.